The fraction of sp³-hybridized carbons (Fsp3) is 0.0385. The van der Waals surface area contributed by atoms with Crippen molar-refractivity contribution in [3.05, 3.63) is 109 Å². The van der Waals surface area contributed by atoms with Crippen molar-refractivity contribution in [1.29, 1.82) is 0 Å². The zero-order valence-electron chi connectivity index (χ0n) is 17.7. The highest BCUT2D eigenvalue weighted by Crippen LogP contribution is 2.26. The molecular weight excluding hydrogens is 412 g/mol. The average Bonchev–Trinajstić information content (AvgIpc) is 3.29. The summed E-state index contributed by atoms with van der Waals surface area (Å²) in [4.78, 5) is 21.3. The molecule has 0 saturated heterocycles. The Morgan fingerprint density at radius 2 is 1.55 bits per heavy atom. The Labute approximate surface area is 190 Å². The van der Waals surface area contributed by atoms with Gasteiger partial charge in [-0.25, -0.2) is 4.68 Å². The zero-order chi connectivity index (χ0) is 22.5. The van der Waals surface area contributed by atoms with Crippen LogP contribution in [0.2, 0.25) is 0 Å². The van der Waals surface area contributed by atoms with E-state index in [1.165, 1.54) is 0 Å². The summed E-state index contributed by atoms with van der Waals surface area (Å²) >= 11 is 0. The maximum atomic E-state index is 12.9. The van der Waals surface area contributed by atoms with E-state index in [2.05, 4.69) is 25.6 Å². The van der Waals surface area contributed by atoms with Crippen LogP contribution in [0.15, 0.2) is 104 Å². The van der Waals surface area contributed by atoms with Crippen molar-refractivity contribution in [2.45, 2.75) is 6.42 Å². The monoisotopic (exact) mass is 432 g/mol. The van der Waals surface area contributed by atoms with Gasteiger partial charge in [-0.3, -0.25) is 14.8 Å². The van der Waals surface area contributed by atoms with E-state index in [1.54, 1.807) is 23.3 Å². The molecule has 3 heterocycles. The highest BCUT2D eigenvalue weighted by atomic mass is 16.1. The van der Waals surface area contributed by atoms with Gasteiger partial charge in [0.15, 0.2) is 0 Å². The summed E-state index contributed by atoms with van der Waals surface area (Å²) < 4.78 is 1.74. The third-order valence-electron chi connectivity index (χ3n) is 5.15. The fourth-order valence-electron chi connectivity index (χ4n) is 3.60. The van der Waals surface area contributed by atoms with Gasteiger partial charge in [0, 0.05) is 35.4 Å². The Hall–Kier alpha value is -4.65. The first-order valence-electron chi connectivity index (χ1n) is 10.5. The smallest absolute Gasteiger partial charge is 0.230 e. The van der Waals surface area contributed by atoms with Crippen molar-refractivity contribution in [2.75, 3.05) is 5.32 Å². The first-order chi connectivity index (χ1) is 16.3. The quantitative estimate of drug-likeness (QED) is 0.425. The number of carbonyl (C=O) groups excluding carboxylic acids is 1. The van der Waals surface area contributed by atoms with Gasteiger partial charge in [-0.1, -0.05) is 53.7 Å². The number of amides is 1. The van der Waals surface area contributed by atoms with Crippen LogP contribution in [0, 0.1) is 0 Å². The summed E-state index contributed by atoms with van der Waals surface area (Å²) in [5.74, 6) is -0.167. The van der Waals surface area contributed by atoms with Crippen LogP contribution in [0.1, 0.15) is 5.69 Å². The van der Waals surface area contributed by atoms with Crippen LogP contribution in [0.25, 0.3) is 28.2 Å². The number of hydrogen-bond donors (Lipinski definition) is 1. The molecule has 5 rings (SSSR count). The van der Waals surface area contributed by atoms with Crippen molar-refractivity contribution >= 4 is 11.6 Å². The molecule has 3 aromatic heterocycles. The van der Waals surface area contributed by atoms with Gasteiger partial charge in [-0.15, -0.1) is 5.10 Å². The highest BCUT2D eigenvalue weighted by molar-refractivity contribution is 5.93. The second kappa shape index (κ2) is 9.23. The number of benzene rings is 2. The molecule has 5 aromatic rings. The molecule has 0 unspecified atom stereocenters. The minimum absolute atomic E-state index is 0.0945. The van der Waals surface area contributed by atoms with E-state index in [0.717, 1.165) is 28.2 Å². The van der Waals surface area contributed by atoms with E-state index >= 15 is 0 Å². The fourth-order valence-corrected chi connectivity index (χ4v) is 3.60. The molecule has 2 aromatic carbocycles. The van der Waals surface area contributed by atoms with E-state index in [4.69, 9.17) is 0 Å². The van der Waals surface area contributed by atoms with Crippen LogP contribution in [-0.4, -0.2) is 30.9 Å². The van der Waals surface area contributed by atoms with E-state index in [0.29, 0.717) is 11.4 Å². The molecule has 0 aliphatic carbocycles. The molecule has 33 heavy (non-hydrogen) atoms. The van der Waals surface area contributed by atoms with Crippen molar-refractivity contribution in [3.63, 3.8) is 0 Å². The lowest BCUT2D eigenvalue weighted by Crippen LogP contribution is -2.15. The lowest BCUT2D eigenvalue weighted by molar-refractivity contribution is -0.115. The minimum atomic E-state index is -0.167. The maximum absolute atomic E-state index is 12.9. The number of rotatable bonds is 6. The van der Waals surface area contributed by atoms with E-state index in [9.17, 15) is 4.79 Å². The minimum Gasteiger partial charge on any atom is -0.326 e. The lowest BCUT2D eigenvalue weighted by atomic mass is 10.1. The van der Waals surface area contributed by atoms with Crippen molar-refractivity contribution in [1.82, 2.24) is 25.0 Å². The van der Waals surface area contributed by atoms with Crippen molar-refractivity contribution in [3.8, 4) is 28.2 Å². The van der Waals surface area contributed by atoms with Crippen LogP contribution < -0.4 is 5.32 Å². The Bertz CT molecular complexity index is 1350. The van der Waals surface area contributed by atoms with Crippen molar-refractivity contribution in [2.24, 2.45) is 0 Å². The van der Waals surface area contributed by atoms with Gasteiger partial charge in [0.2, 0.25) is 5.91 Å². The number of nitrogens with zero attached hydrogens (tertiary/aromatic N) is 5. The lowest BCUT2D eigenvalue weighted by Gasteiger charge is -2.09. The molecule has 7 heteroatoms. The second-order valence-corrected chi connectivity index (χ2v) is 7.39. The number of pyridine rings is 2. The van der Waals surface area contributed by atoms with Crippen LogP contribution in [0.4, 0.5) is 5.69 Å². The highest BCUT2D eigenvalue weighted by Gasteiger charge is 2.19. The number of aromatic nitrogens is 5. The molecule has 7 nitrogen and oxygen atoms in total. The van der Waals surface area contributed by atoms with Crippen molar-refractivity contribution < 1.29 is 4.79 Å². The van der Waals surface area contributed by atoms with E-state index in [1.807, 2.05) is 84.9 Å². The molecule has 160 valence electrons. The predicted molar refractivity (Wildman–Crippen MR) is 127 cm³/mol. The molecule has 0 saturated carbocycles. The molecule has 0 aliphatic heterocycles. The predicted octanol–water partition coefficient (Wildman–Crippen LogP) is 4.57. The summed E-state index contributed by atoms with van der Waals surface area (Å²) in [5, 5.41) is 11.6. The molecule has 0 spiro atoms. The third kappa shape index (κ3) is 4.52. The number of anilines is 1. The van der Waals surface area contributed by atoms with Crippen LogP contribution in [-0.2, 0) is 11.2 Å². The SMILES string of the molecule is O=C(Cc1nnn(-c2ccncc2)c1-c1ccccc1)Nc1ccc(-c2ccccn2)cc1. The topological polar surface area (TPSA) is 85.6 Å². The first-order valence-corrected chi connectivity index (χ1v) is 10.5. The molecule has 1 N–H and O–H groups in total. The zero-order valence-corrected chi connectivity index (χ0v) is 17.7. The maximum Gasteiger partial charge on any atom is 0.230 e. The molecule has 0 bridgehead atoms. The Kier molecular flexibility index (Phi) is 5.67. The molecule has 1 amide bonds. The summed E-state index contributed by atoms with van der Waals surface area (Å²) in [6, 6.07) is 26.9. The van der Waals surface area contributed by atoms with Crippen LogP contribution >= 0.6 is 0 Å². The van der Waals surface area contributed by atoms with Crippen LogP contribution in [0.5, 0.6) is 0 Å². The summed E-state index contributed by atoms with van der Waals surface area (Å²) in [5.41, 5.74) is 5.72. The van der Waals surface area contributed by atoms with Gasteiger partial charge in [-0.05, 0) is 36.4 Å². The number of carbonyl (C=O) groups is 1. The van der Waals surface area contributed by atoms with Gasteiger partial charge < -0.3 is 5.32 Å². The molecule has 0 radical (unpaired) electrons. The Morgan fingerprint density at radius 1 is 0.788 bits per heavy atom. The first kappa shape index (κ1) is 20.3. The number of hydrogen-bond acceptors (Lipinski definition) is 5. The Balaban J connectivity index is 1.38. The van der Waals surface area contributed by atoms with Crippen LogP contribution in [0.3, 0.4) is 0 Å². The normalized spacial score (nSPS) is 10.7. The van der Waals surface area contributed by atoms with Gasteiger partial charge in [0.25, 0.3) is 0 Å². The molecular formula is C26H20N6O. The Morgan fingerprint density at radius 3 is 2.27 bits per heavy atom. The van der Waals surface area contributed by atoms with Gasteiger partial charge >= 0.3 is 0 Å². The van der Waals surface area contributed by atoms with Gasteiger partial charge in [-0.2, -0.15) is 0 Å². The summed E-state index contributed by atoms with van der Waals surface area (Å²) in [7, 11) is 0. The summed E-state index contributed by atoms with van der Waals surface area (Å²) in [6.45, 7) is 0. The standard InChI is InChI=1S/C26H20N6O/c33-25(29-21-11-9-19(10-12-21)23-8-4-5-15-28-23)18-24-26(20-6-2-1-3-7-20)32(31-30-24)22-13-16-27-17-14-22/h1-17H,18H2,(H,29,33). The average molecular weight is 432 g/mol. The largest absolute Gasteiger partial charge is 0.326 e. The molecule has 0 fully saturated rings. The second-order valence-electron chi connectivity index (χ2n) is 7.39. The molecule has 0 aliphatic rings. The van der Waals surface area contributed by atoms with E-state index < -0.39 is 0 Å². The summed E-state index contributed by atoms with van der Waals surface area (Å²) in [6.07, 6.45) is 5.26. The van der Waals surface area contributed by atoms with Gasteiger partial charge in [0.1, 0.15) is 5.69 Å². The third-order valence-corrected chi connectivity index (χ3v) is 5.15. The van der Waals surface area contributed by atoms with Gasteiger partial charge in [0.05, 0.1) is 23.5 Å². The molecule has 0 atom stereocenters. The number of nitrogens with one attached hydrogen (secondary N) is 1. The van der Waals surface area contributed by atoms with E-state index in [-0.39, 0.29) is 12.3 Å².